The van der Waals surface area contributed by atoms with Gasteiger partial charge in [0, 0.05) is 26.1 Å². The van der Waals surface area contributed by atoms with E-state index in [0.29, 0.717) is 6.04 Å². The number of fused-ring (bicyclic) bond motifs is 2. The van der Waals surface area contributed by atoms with Crippen LogP contribution in [0.3, 0.4) is 0 Å². The first-order valence-electron chi connectivity index (χ1n) is 7.71. The minimum Gasteiger partial charge on any atom is -0.343 e. The van der Waals surface area contributed by atoms with Crippen LogP contribution in [0.1, 0.15) is 45.4 Å². The first-order valence-corrected chi connectivity index (χ1v) is 7.71. The van der Waals surface area contributed by atoms with Crippen LogP contribution in [-0.2, 0) is 4.79 Å². The molecule has 1 N–H and O–H groups in total. The monoisotopic (exact) mass is 250 g/mol. The Morgan fingerprint density at radius 1 is 1.17 bits per heavy atom. The predicted octanol–water partition coefficient (Wildman–Crippen LogP) is 2.02. The molecular weight excluding hydrogens is 224 g/mol. The molecule has 3 atom stereocenters. The fraction of sp³-hybridized carbons (Fsp3) is 0.933. The lowest BCUT2D eigenvalue weighted by molar-refractivity contribution is -0.129. The van der Waals surface area contributed by atoms with E-state index < -0.39 is 0 Å². The number of rotatable bonds is 3. The van der Waals surface area contributed by atoms with Crippen LogP contribution < -0.4 is 5.32 Å². The van der Waals surface area contributed by atoms with Crippen molar-refractivity contribution in [2.24, 2.45) is 17.8 Å². The van der Waals surface area contributed by atoms with Crippen molar-refractivity contribution in [3.05, 3.63) is 0 Å². The van der Waals surface area contributed by atoms with E-state index in [4.69, 9.17) is 0 Å². The molecule has 0 aromatic rings. The molecule has 3 aliphatic rings. The normalized spacial score (nSPS) is 36.3. The van der Waals surface area contributed by atoms with Gasteiger partial charge in [-0.25, -0.2) is 0 Å². The molecule has 2 aliphatic carbocycles. The zero-order valence-electron chi connectivity index (χ0n) is 11.5. The molecule has 3 fully saturated rings. The highest BCUT2D eigenvalue weighted by molar-refractivity contribution is 5.73. The molecule has 0 aromatic carbocycles. The first kappa shape index (κ1) is 12.5. The Labute approximate surface area is 110 Å². The summed E-state index contributed by atoms with van der Waals surface area (Å²) in [4.78, 5) is 13.2. The number of hydrogen-bond donors (Lipinski definition) is 1. The summed E-state index contributed by atoms with van der Waals surface area (Å²) in [6.07, 6.45) is 8.25. The van der Waals surface area contributed by atoms with Gasteiger partial charge in [-0.3, -0.25) is 4.79 Å². The van der Waals surface area contributed by atoms with Crippen molar-refractivity contribution in [2.45, 2.75) is 51.5 Å². The van der Waals surface area contributed by atoms with Crippen LogP contribution in [-0.4, -0.2) is 36.5 Å². The molecule has 1 aliphatic heterocycles. The van der Waals surface area contributed by atoms with Crippen molar-refractivity contribution in [1.82, 2.24) is 10.2 Å². The predicted molar refractivity (Wildman–Crippen MR) is 72.2 cm³/mol. The third-order valence-corrected chi connectivity index (χ3v) is 5.49. The minimum atomic E-state index is 0.238. The molecule has 1 amide bonds. The molecule has 102 valence electrons. The Bertz CT molecular complexity index is 310. The maximum absolute atomic E-state index is 11.3. The third-order valence-electron chi connectivity index (χ3n) is 5.49. The lowest BCUT2D eigenvalue weighted by Gasteiger charge is -2.33. The van der Waals surface area contributed by atoms with Crippen LogP contribution in [0.2, 0.25) is 0 Å². The van der Waals surface area contributed by atoms with Crippen molar-refractivity contribution in [2.75, 3.05) is 19.6 Å². The Hall–Kier alpha value is -0.570. The average molecular weight is 250 g/mol. The van der Waals surface area contributed by atoms with Crippen LogP contribution in [0, 0.1) is 17.8 Å². The molecule has 0 aromatic heterocycles. The highest BCUT2D eigenvalue weighted by atomic mass is 16.2. The van der Waals surface area contributed by atoms with Crippen LogP contribution in [0.4, 0.5) is 0 Å². The summed E-state index contributed by atoms with van der Waals surface area (Å²) in [5, 5.41) is 3.77. The smallest absolute Gasteiger partial charge is 0.219 e. The molecule has 3 unspecified atom stereocenters. The molecule has 1 heterocycles. The number of nitrogens with zero attached hydrogens (tertiary/aromatic N) is 1. The van der Waals surface area contributed by atoms with Gasteiger partial charge in [-0.15, -0.1) is 0 Å². The van der Waals surface area contributed by atoms with E-state index in [-0.39, 0.29) is 5.91 Å². The topological polar surface area (TPSA) is 32.3 Å². The summed E-state index contributed by atoms with van der Waals surface area (Å²) in [5.41, 5.74) is 0. The van der Waals surface area contributed by atoms with Crippen molar-refractivity contribution < 1.29 is 4.79 Å². The summed E-state index contributed by atoms with van der Waals surface area (Å²) in [6.45, 7) is 4.81. The number of hydrogen-bond acceptors (Lipinski definition) is 2. The quantitative estimate of drug-likeness (QED) is 0.831. The second-order valence-corrected chi connectivity index (χ2v) is 6.62. The van der Waals surface area contributed by atoms with E-state index in [1.807, 2.05) is 4.90 Å². The fourth-order valence-corrected chi connectivity index (χ4v) is 4.34. The number of carbonyl (C=O) groups excluding carboxylic acids is 1. The molecular formula is C15H26N2O. The van der Waals surface area contributed by atoms with Gasteiger partial charge in [0.25, 0.3) is 0 Å². The lowest BCUT2D eigenvalue weighted by Crippen LogP contribution is -2.45. The van der Waals surface area contributed by atoms with Crippen molar-refractivity contribution in [3.63, 3.8) is 0 Å². The van der Waals surface area contributed by atoms with Crippen LogP contribution in [0.5, 0.6) is 0 Å². The van der Waals surface area contributed by atoms with Gasteiger partial charge in [-0.1, -0.05) is 6.42 Å². The van der Waals surface area contributed by atoms with Gasteiger partial charge in [0.1, 0.15) is 0 Å². The molecule has 18 heavy (non-hydrogen) atoms. The summed E-state index contributed by atoms with van der Waals surface area (Å²) >= 11 is 0. The van der Waals surface area contributed by atoms with Gasteiger partial charge in [0.05, 0.1) is 0 Å². The van der Waals surface area contributed by atoms with E-state index in [1.54, 1.807) is 6.92 Å². The minimum absolute atomic E-state index is 0.238. The summed E-state index contributed by atoms with van der Waals surface area (Å²) in [7, 11) is 0. The largest absolute Gasteiger partial charge is 0.343 e. The highest BCUT2D eigenvalue weighted by Gasteiger charge is 2.39. The number of carbonyl (C=O) groups is 1. The molecule has 3 nitrogen and oxygen atoms in total. The molecule has 0 radical (unpaired) electrons. The molecule has 0 spiro atoms. The van der Waals surface area contributed by atoms with Crippen LogP contribution in [0.15, 0.2) is 0 Å². The fourth-order valence-electron chi connectivity index (χ4n) is 4.34. The van der Waals surface area contributed by atoms with Crippen LogP contribution in [0.25, 0.3) is 0 Å². The SMILES string of the molecule is CC(=O)N1CCC(NCC2CC3CCC2C3)CC1. The van der Waals surface area contributed by atoms with Crippen molar-refractivity contribution in [1.29, 1.82) is 0 Å². The number of amides is 1. The molecule has 3 heteroatoms. The number of nitrogens with one attached hydrogen (secondary N) is 1. The van der Waals surface area contributed by atoms with Crippen molar-refractivity contribution >= 4 is 5.91 Å². The average Bonchev–Trinajstić information content (AvgIpc) is 2.99. The Morgan fingerprint density at radius 3 is 2.50 bits per heavy atom. The molecule has 2 saturated carbocycles. The standard InChI is InChI=1S/C15H26N2O/c1-11(18)17-6-4-15(5-7-17)16-10-14-9-12-2-3-13(14)8-12/h12-16H,2-10H2,1H3. The number of piperidine rings is 1. The van der Waals surface area contributed by atoms with E-state index in [9.17, 15) is 4.79 Å². The summed E-state index contributed by atoms with van der Waals surface area (Å²) in [5.74, 6) is 3.28. The Morgan fingerprint density at radius 2 is 1.94 bits per heavy atom. The second-order valence-electron chi connectivity index (χ2n) is 6.62. The summed E-state index contributed by atoms with van der Waals surface area (Å²) in [6, 6.07) is 0.653. The molecule has 1 saturated heterocycles. The van der Waals surface area contributed by atoms with E-state index in [2.05, 4.69) is 5.32 Å². The molecule has 2 bridgehead atoms. The maximum atomic E-state index is 11.3. The molecule has 3 rings (SSSR count). The third kappa shape index (κ3) is 2.56. The number of likely N-dealkylation sites (tertiary alicyclic amines) is 1. The van der Waals surface area contributed by atoms with Gasteiger partial charge in [0.15, 0.2) is 0 Å². The van der Waals surface area contributed by atoms with E-state index in [0.717, 1.165) is 43.7 Å². The highest BCUT2D eigenvalue weighted by Crippen LogP contribution is 2.47. The van der Waals surface area contributed by atoms with E-state index >= 15 is 0 Å². The van der Waals surface area contributed by atoms with Gasteiger partial charge in [-0.2, -0.15) is 0 Å². The van der Waals surface area contributed by atoms with Gasteiger partial charge >= 0.3 is 0 Å². The zero-order valence-corrected chi connectivity index (χ0v) is 11.5. The van der Waals surface area contributed by atoms with Crippen molar-refractivity contribution in [3.8, 4) is 0 Å². The van der Waals surface area contributed by atoms with E-state index in [1.165, 1.54) is 32.2 Å². The van der Waals surface area contributed by atoms with Crippen LogP contribution >= 0.6 is 0 Å². The summed E-state index contributed by atoms with van der Waals surface area (Å²) < 4.78 is 0. The van der Waals surface area contributed by atoms with Gasteiger partial charge < -0.3 is 10.2 Å². The lowest BCUT2D eigenvalue weighted by atomic mass is 9.88. The first-order chi connectivity index (χ1) is 8.72. The van der Waals surface area contributed by atoms with Gasteiger partial charge in [-0.05, 0) is 56.4 Å². The zero-order chi connectivity index (χ0) is 12.5. The van der Waals surface area contributed by atoms with Gasteiger partial charge in [0.2, 0.25) is 5.91 Å². The Balaban J connectivity index is 1.38. The Kier molecular flexibility index (Phi) is 3.60. The second kappa shape index (κ2) is 5.20. The maximum Gasteiger partial charge on any atom is 0.219 e.